The Morgan fingerprint density at radius 2 is 1.75 bits per heavy atom. The second kappa shape index (κ2) is 6.77. The summed E-state index contributed by atoms with van der Waals surface area (Å²) in [5.41, 5.74) is 1.25. The molecule has 0 amide bonds. The summed E-state index contributed by atoms with van der Waals surface area (Å²) in [7, 11) is 1.68. The predicted octanol–water partition coefficient (Wildman–Crippen LogP) is 3.32. The van der Waals surface area contributed by atoms with Crippen molar-refractivity contribution in [3.8, 4) is 5.75 Å². The lowest BCUT2D eigenvalue weighted by atomic mass is 10.1. The average molecular weight is 242 g/mol. The molecule has 0 aromatic heterocycles. The van der Waals surface area contributed by atoms with Crippen LogP contribution in [0.1, 0.15) is 25.5 Å². The maximum Gasteiger partial charge on any atom is 0.118 e. The van der Waals surface area contributed by atoms with Gasteiger partial charge in [0, 0.05) is 11.9 Å². The van der Waals surface area contributed by atoms with Crippen LogP contribution in [-0.4, -0.2) is 31.0 Å². The van der Waals surface area contributed by atoms with Gasteiger partial charge in [-0.3, -0.25) is 4.90 Å². The number of benzene rings is 1. The van der Waals surface area contributed by atoms with Gasteiger partial charge in [0.15, 0.2) is 0 Å². The maximum atomic E-state index is 6.06. The first-order valence-electron chi connectivity index (χ1n) is 5.70. The molecule has 0 spiro atoms. The van der Waals surface area contributed by atoms with Crippen molar-refractivity contribution in [2.75, 3.05) is 26.1 Å². The molecule has 90 valence electrons. The van der Waals surface area contributed by atoms with Crippen molar-refractivity contribution in [1.29, 1.82) is 0 Å². The van der Waals surface area contributed by atoms with Crippen molar-refractivity contribution in [3.63, 3.8) is 0 Å². The number of methoxy groups -OCH3 is 1. The maximum absolute atomic E-state index is 6.06. The fraction of sp³-hybridized carbons (Fsp3) is 0.538. The van der Waals surface area contributed by atoms with Crippen LogP contribution < -0.4 is 4.74 Å². The SMILES string of the molecule is CCN(CC)C(CCl)c1ccc(OC)cc1. The third-order valence-electron chi connectivity index (χ3n) is 2.90. The highest BCUT2D eigenvalue weighted by atomic mass is 35.5. The van der Waals surface area contributed by atoms with Crippen LogP contribution in [0.2, 0.25) is 0 Å². The third-order valence-corrected chi connectivity index (χ3v) is 3.19. The van der Waals surface area contributed by atoms with Crippen LogP contribution in [0.5, 0.6) is 5.75 Å². The fourth-order valence-corrected chi connectivity index (χ4v) is 2.26. The average Bonchev–Trinajstić information content (AvgIpc) is 2.36. The van der Waals surface area contributed by atoms with Crippen LogP contribution in [0.3, 0.4) is 0 Å². The summed E-state index contributed by atoms with van der Waals surface area (Å²) in [4.78, 5) is 2.36. The van der Waals surface area contributed by atoms with Crippen molar-refractivity contribution < 1.29 is 4.74 Å². The van der Waals surface area contributed by atoms with Gasteiger partial charge in [-0.25, -0.2) is 0 Å². The molecule has 1 aromatic carbocycles. The van der Waals surface area contributed by atoms with E-state index in [1.54, 1.807) is 7.11 Å². The van der Waals surface area contributed by atoms with E-state index in [0.29, 0.717) is 11.9 Å². The Kier molecular flexibility index (Phi) is 5.64. The molecule has 0 saturated carbocycles. The number of hydrogen-bond acceptors (Lipinski definition) is 2. The summed E-state index contributed by atoms with van der Waals surface area (Å²) >= 11 is 6.06. The summed E-state index contributed by atoms with van der Waals surface area (Å²) in [5, 5.41) is 0. The lowest BCUT2D eigenvalue weighted by molar-refractivity contribution is 0.237. The molecule has 0 aliphatic carbocycles. The lowest BCUT2D eigenvalue weighted by Crippen LogP contribution is -2.29. The van der Waals surface area contributed by atoms with E-state index < -0.39 is 0 Å². The normalized spacial score (nSPS) is 12.8. The van der Waals surface area contributed by atoms with Crippen molar-refractivity contribution >= 4 is 11.6 Å². The zero-order chi connectivity index (χ0) is 12.0. The van der Waals surface area contributed by atoms with E-state index in [0.717, 1.165) is 18.8 Å². The van der Waals surface area contributed by atoms with E-state index >= 15 is 0 Å². The molecule has 0 aliphatic rings. The molecule has 2 nitrogen and oxygen atoms in total. The Morgan fingerprint density at radius 1 is 1.19 bits per heavy atom. The van der Waals surface area contributed by atoms with Gasteiger partial charge in [-0.05, 0) is 30.8 Å². The van der Waals surface area contributed by atoms with Gasteiger partial charge >= 0.3 is 0 Å². The highest BCUT2D eigenvalue weighted by molar-refractivity contribution is 6.18. The van der Waals surface area contributed by atoms with Gasteiger partial charge in [-0.2, -0.15) is 0 Å². The van der Waals surface area contributed by atoms with E-state index in [4.69, 9.17) is 16.3 Å². The van der Waals surface area contributed by atoms with Crippen LogP contribution >= 0.6 is 11.6 Å². The first-order chi connectivity index (χ1) is 7.76. The first-order valence-corrected chi connectivity index (χ1v) is 6.24. The van der Waals surface area contributed by atoms with E-state index in [1.807, 2.05) is 12.1 Å². The lowest BCUT2D eigenvalue weighted by Gasteiger charge is -2.28. The number of alkyl halides is 1. The summed E-state index contributed by atoms with van der Waals surface area (Å²) in [6.45, 7) is 6.35. The second-order valence-electron chi connectivity index (χ2n) is 3.66. The molecule has 3 heteroatoms. The smallest absolute Gasteiger partial charge is 0.118 e. The molecule has 0 radical (unpaired) electrons. The van der Waals surface area contributed by atoms with Crippen molar-refractivity contribution in [2.45, 2.75) is 19.9 Å². The van der Waals surface area contributed by atoms with Crippen LogP contribution in [0.4, 0.5) is 0 Å². The molecular formula is C13H20ClNO. The van der Waals surface area contributed by atoms with Gasteiger partial charge in [-0.15, -0.1) is 11.6 Å². The Morgan fingerprint density at radius 3 is 2.12 bits per heavy atom. The molecule has 0 aliphatic heterocycles. The highest BCUT2D eigenvalue weighted by Gasteiger charge is 2.16. The largest absolute Gasteiger partial charge is 0.497 e. The van der Waals surface area contributed by atoms with E-state index in [9.17, 15) is 0 Å². The monoisotopic (exact) mass is 241 g/mol. The fourth-order valence-electron chi connectivity index (χ4n) is 1.89. The van der Waals surface area contributed by atoms with E-state index in [-0.39, 0.29) is 0 Å². The highest BCUT2D eigenvalue weighted by Crippen LogP contribution is 2.23. The third kappa shape index (κ3) is 3.13. The van der Waals surface area contributed by atoms with Gasteiger partial charge in [0.05, 0.1) is 7.11 Å². The molecule has 1 unspecified atom stereocenters. The molecule has 0 fully saturated rings. The van der Waals surface area contributed by atoms with Crippen molar-refractivity contribution in [3.05, 3.63) is 29.8 Å². The molecule has 16 heavy (non-hydrogen) atoms. The number of hydrogen-bond donors (Lipinski definition) is 0. The first kappa shape index (κ1) is 13.3. The van der Waals surface area contributed by atoms with E-state index in [2.05, 4.69) is 30.9 Å². The number of halogens is 1. The molecule has 1 atom stereocenters. The minimum absolute atomic E-state index is 0.294. The Bertz CT molecular complexity index is 295. The van der Waals surface area contributed by atoms with Crippen LogP contribution in [0.25, 0.3) is 0 Å². The summed E-state index contributed by atoms with van der Waals surface area (Å²) < 4.78 is 5.15. The molecule has 0 N–H and O–H groups in total. The van der Waals surface area contributed by atoms with Gasteiger partial charge in [0.25, 0.3) is 0 Å². The van der Waals surface area contributed by atoms with Crippen molar-refractivity contribution in [1.82, 2.24) is 4.90 Å². The summed E-state index contributed by atoms with van der Waals surface area (Å²) in [6.07, 6.45) is 0. The van der Waals surface area contributed by atoms with Crippen LogP contribution in [0, 0.1) is 0 Å². The van der Waals surface area contributed by atoms with Gasteiger partial charge in [0.2, 0.25) is 0 Å². The number of ether oxygens (including phenoxy) is 1. The Hall–Kier alpha value is -0.730. The zero-order valence-corrected chi connectivity index (χ0v) is 11.0. The standard InChI is InChI=1S/C13H20ClNO/c1-4-15(5-2)13(10-14)11-6-8-12(16-3)9-7-11/h6-9,13H,4-5,10H2,1-3H3. The van der Waals surface area contributed by atoms with Gasteiger partial charge < -0.3 is 4.74 Å². The molecule has 0 bridgehead atoms. The van der Waals surface area contributed by atoms with Crippen LogP contribution in [0.15, 0.2) is 24.3 Å². The number of nitrogens with zero attached hydrogens (tertiary/aromatic N) is 1. The summed E-state index contributed by atoms with van der Waals surface area (Å²) in [6, 6.07) is 8.44. The second-order valence-corrected chi connectivity index (χ2v) is 3.97. The topological polar surface area (TPSA) is 12.5 Å². The van der Waals surface area contributed by atoms with Gasteiger partial charge in [0.1, 0.15) is 5.75 Å². The molecule has 1 aromatic rings. The Labute approximate surface area is 103 Å². The minimum atomic E-state index is 0.294. The quantitative estimate of drug-likeness (QED) is 0.709. The molecule has 0 saturated heterocycles. The van der Waals surface area contributed by atoms with Crippen molar-refractivity contribution in [2.24, 2.45) is 0 Å². The number of rotatable bonds is 6. The summed E-state index contributed by atoms with van der Waals surface area (Å²) in [5.74, 6) is 1.50. The zero-order valence-electron chi connectivity index (χ0n) is 10.2. The Balaban J connectivity index is 2.85. The predicted molar refractivity (Wildman–Crippen MR) is 69.4 cm³/mol. The van der Waals surface area contributed by atoms with Gasteiger partial charge in [-0.1, -0.05) is 26.0 Å². The molecule has 1 rings (SSSR count). The molecule has 0 heterocycles. The van der Waals surface area contributed by atoms with Crippen LogP contribution in [-0.2, 0) is 0 Å². The van der Waals surface area contributed by atoms with E-state index in [1.165, 1.54) is 5.56 Å². The molecular weight excluding hydrogens is 222 g/mol. The minimum Gasteiger partial charge on any atom is -0.497 e.